The van der Waals surface area contributed by atoms with Gasteiger partial charge < -0.3 is 15.2 Å². The highest BCUT2D eigenvalue weighted by Crippen LogP contribution is 2.10. The summed E-state index contributed by atoms with van der Waals surface area (Å²) in [5, 5.41) is 4.28. The molecule has 1 atom stereocenters. The van der Waals surface area contributed by atoms with Crippen molar-refractivity contribution in [2.45, 2.75) is 12.5 Å². The van der Waals surface area contributed by atoms with Crippen molar-refractivity contribution < 1.29 is 4.79 Å². The van der Waals surface area contributed by atoms with Crippen LogP contribution in [0.4, 0.5) is 0 Å². The molecule has 2 N–H and O–H groups in total. The van der Waals surface area contributed by atoms with Gasteiger partial charge in [0.05, 0.1) is 0 Å². The van der Waals surface area contributed by atoms with Crippen LogP contribution in [-0.4, -0.2) is 42.5 Å². The van der Waals surface area contributed by atoms with Crippen molar-refractivity contribution in [3.05, 3.63) is 82.3 Å². The van der Waals surface area contributed by atoms with E-state index in [1.165, 1.54) is 5.56 Å². The molecule has 0 saturated carbocycles. The quantitative estimate of drug-likeness (QED) is 0.718. The molecule has 0 aliphatic rings. The lowest BCUT2D eigenvalue weighted by Crippen LogP contribution is -2.42. The summed E-state index contributed by atoms with van der Waals surface area (Å²) in [7, 11) is 4.00. The molecule has 0 aliphatic heterocycles. The van der Waals surface area contributed by atoms with Gasteiger partial charge in [-0.25, -0.2) is 0 Å². The molecule has 5 heteroatoms. The fourth-order valence-electron chi connectivity index (χ4n) is 2.96. The zero-order valence-corrected chi connectivity index (χ0v) is 15.0. The van der Waals surface area contributed by atoms with Crippen LogP contribution in [-0.2, 0) is 6.42 Å². The lowest BCUT2D eigenvalue weighted by Gasteiger charge is -2.24. The maximum atomic E-state index is 12.5. The number of likely N-dealkylation sites (N-methyl/N-ethyl adjacent to an activating group) is 1. The van der Waals surface area contributed by atoms with Gasteiger partial charge in [-0.3, -0.25) is 9.59 Å². The van der Waals surface area contributed by atoms with Crippen LogP contribution in [0, 0.1) is 0 Å². The monoisotopic (exact) mass is 349 g/mol. The van der Waals surface area contributed by atoms with Crippen LogP contribution in [0.1, 0.15) is 16.1 Å². The Bertz CT molecular complexity index is 948. The van der Waals surface area contributed by atoms with Crippen molar-refractivity contribution >= 4 is 16.7 Å². The number of amides is 1. The summed E-state index contributed by atoms with van der Waals surface area (Å²) in [6.07, 6.45) is 0.836. The third-order valence-electron chi connectivity index (χ3n) is 4.54. The highest BCUT2D eigenvalue weighted by Gasteiger charge is 2.15. The molecule has 3 aromatic rings. The first kappa shape index (κ1) is 17.9. The Hall–Kier alpha value is -2.92. The number of nitrogens with zero attached hydrogens (tertiary/aromatic N) is 1. The van der Waals surface area contributed by atoms with Gasteiger partial charge in [0.25, 0.3) is 11.5 Å². The molecule has 0 radical (unpaired) electrons. The van der Waals surface area contributed by atoms with Crippen molar-refractivity contribution in [3.8, 4) is 0 Å². The molecular weight excluding hydrogens is 326 g/mol. The van der Waals surface area contributed by atoms with E-state index in [4.69, 9.17) is 0 Å². The average molecular weight is 349 g/mol. The molecule has 0 unspecified atom stereocenters. The number of nitrogens with one attached hydrogen (secondary N) is 2. The highest BCUT2D eigenvalue weighted by molar-refractivity contribution is 5.96. The third kappa shape index (κ3) is 4.18. The van der Waals surface area contributed by atoms with Crippen LogP contribution in [0.15, 0.2) is 65.5 Å². The first-order chi connectivity index (χ1) is 12.5. The smallest absolute Gasteiger partial charge is 0.267 e. The number of hydrogen-bond donors (Lipinski definition) is 2. The van der Waals surface area contributed by atoms with Gasteiger partial charge in [0.15, 0.2) is 0 Å². The number of fused-ring (bicyclic) bond motifs is 1. The van der Waals surface area contributed by atoms with E-state index in [1.807, 2.05) is 50.5 Å². The maximum absolute atomic E-state index is 12.5. The molecule has 1 aromatic heterocycles. The number of benzene rings is 2. The summed E-state index contributed by atoms with van der Waals surface area (Å²) in [4.78, 5) is 29.4. The Kier molecular flexibility index (Phi) is 5.49. The second-order valence-corrected chi connectivity index (χ2v) is 6.62. The zero-order valence-electron chi connectivity index (χ0n) is 15.0. The van der Waals surface area contributed by atoms with E-state index >= 15 is 0 Å². The van der Waals surface area contributed by atoms with E-state index < -0.39 is 0 Å². The van der Waals surface area contributed by atoms with Crippen LogP contribution < -0.4 is 10.9 Å². The number of carbonyl (C=O) groups is 1. The van der Waals surface area contributed by atoms with Crippen LogP contribution in [0.3, 0.4) is 0 Å². The number of rotatable bonds is 6. The fourth-order valence-corrected chi connectivity index (χ4v) is 2.96. The van der Waals surface area contributed by atoms with Gasteiger partial charge in [-0.15, -0.1) is 0 Å². The van der Waals surface area contributed by atoms with Crippen molar-refractivity contribution in [1.82, 2.24) is 15.2 Å². The molecule has 2 aromatic carbocycles. The lowest BCUT2D eigenvalue weighted by atomic mass is 10.1. The minimum absolute atomic E-state index is 0.161. The molecule has 1 heterocycles. The number of aromatic nitrogens is 1. The summed E-state index contributed by atoms with van der Waals surface area (Å²) >= 11 is 0. The summed E-state index contributed by atoms with van der Waals surface area (Å²) in [5.74, 6) is -0.271. The number of hydrogen-bond acceptors (Lipinski definition) is 3. The highest BCUT2D eigenvalue weighted by atomic mass is 16.2. The van der Waals surface area contributed by atoms with E-state index in [0.717, 1.165) is 11.8 Å². The average Bonchev–Trinajstić information content (AvgIpc) is 2.65. The number of H-pyrrole nitrogens is 1. The van der Waals surface area contributed by atoms with Gasteiger partial charge in [0.1, 0.15) is 5.69 Å². The van der Waals surface area contributed by atoms with E-state index in [2.05, 4.69) is 27.3 Å². The predicted molar refractivity (Wildman–Crippen MR) is 105 cm³/mol. The van der Waals surface area contributed by atoms with Crippen LogP contribution in [0.2, 0.25) is 0 Å². The molecule has 134 valence electrons. The molecule has 0 aliphatic carbocycles. The van der Waals surface area contributed by atoms with Crippen molar-refractivity contribution in [2.75, 3.05) is 20.6 Å². The zero-order chi connectivity index (χ0) is 18.5. The summed E-state index contributed by atoms with van der Waals surface area (Å²) in [5.41, 5.74) is 1.26. The number of carbonyl (C=O) groups excluding carboxylic acids is 1. The Balaban J connectivity index is 1.71. The largest absolute Gasteiger partial charge is 0.349 e. The Labute approximate surface area is 152 Å². The minimum Gasteiger partial charge on any atom is -0.349 e. The Morgan fingerprint density at radius 2 is 1.77 bits per heavy atom. The molecule has 5 nitrogen and oxygen atoms in total. The number of aromatic amines is 1. The van der Waals surface area contributed by atoms with Crippen molar-refractivity contribution in [2.24, 2.45) is 0 Å². The minimum atomic E-state index is -0.271. The van der Waals surface area contributed by atoms with Crippen molar-refractivity contribution in [1.29, 1.82) is 0 Å². The van der Waals surface area contributed by atoms with Gasteiger partial charge >= 0.3 is 0 Å². The standard InChI is InChI=1S/C21H23N3O2/c1-24(2)17(12-15-8-4-3-5-9-15)14-22-21(26)19-13-16-10-6-7-11-18(16)20(25)23-19/h3-11,13,17H,12,14H2,1-2H3,(H,22,26)(H,23,25)/t17-/m1/s1. The molecule has 1 amide bonds. The van der Waals surface area contributed by atoms with E-state index in [-0.39, 0.29) is 23.2 Å². The summed E-state index contributed by atoms with van der Waals surface area (Å²) < 4.78 is 0. The normalized spacial score (nSPS) is 12.3. The summed E-state index contributed by atoms with van der Waals surface area (Å²) in [6, 6.07) is 19.3. The van der Waals surface area contributed by atoms with E-state index in [0.29, 0.717) is 11.9 Å². The molecule has 0 fully saturated rings. The predicted octanol–water partition coefficient (Wildman–Crippen LogP) is 2.43. The topological polar surface area (TPSA) is 65.2 Å². The second kappa shape index (κ2) is 7.97. The van der Waals surface area contributed by atoms with Gasteiger partial charge in [-0.1, -0.05) is 48.5 Å². The lowest BCUT2D eigenvalue weighted by molar-refractivity contribution is 0.0936. The van der Waals surface area contributed by atoms with Gasteiger partial charge in [0, 0.05) is 18.0 Å². The third-order valence-corrected chi connectivity index (χ3v) is 4.54. The van der Waals surface area contributed by atoms with E-state index in [9.17, 15) is 9.59 Å². The molecule has 0 saturated heterocycles. The first-order valence-electron chi connectivity index (χ1n) is 8.65. The molecule has 0 spiro atoms. The van der Waals surface area contributed by atoms with E-state index in [1.54, 1.807) is 12.1 Å². The van der Waals surface area contributed by atoms with Gasteiger partial charge in [0.2, 0.25) is 0 Å². The second-order valence-electron chi connectivity index (χ2n) is 6.62. The maximum Gasteiger partial charge on any atom is 0.267 e. The Morgan fingerprint density at radius 1 is 1.08 bits per heavy atom. The molecule has 26 heavy (non-hydrogen) atoms. The summed E-state index contributed by atoms with van der Waals surface area (Å²) in [6.45, 7) is 0.496. The molecule has 0 bridgehead atoms. The van der Waals surface area contributed by atoms with Crippen LogP contribution >= 0.6 is 0 Å². The number of pyridine rings is 1. The van der Waals surface area contributed by atoms with Gasteiger partial charge in [-0.05, 0) is 43.6 Å². The SMILES string of the molecule is CN(C)[C@@H](CNC(=O)c1cc2ccccc2c(=O)[nH]1)Cc1ccccc1. The fraction of sp³-hybridized carbons (Fsp3) is 0.238. The van der Waals surface area contributed by atoms with Crippen LogP contribution in [0.5, 0.6) is 0 Å². The van der Waals surface area contributed by atoms with Crippen LogP contribution in [0.25, 0.3) is 10.8 Å². The Morgan fingerprint density at radius 3 is 2.50 bits per heavy atom. The molecule has 3 rings (SSSR count). The van der Waals surface area contributed by atoms with Crippen molar-refractivity contribution in [3.63, 3.8) is 0 Å². The molecular formula is C21H23N3O2. The van der Waals surface area contributed by atoms with Gasteiger partial charge in [-0.2, -0.15) is 0 Å². The first-order valence-corrected chi connectivity index (χ1v) is 8.65.